The number of pyridine rings is 1. The van der Waals surface area contributed by atoms with Gasteiger partial charge in [-0.2, -0.15) is 5.10 Å². The lowest BCUT2D eigenvalue weighted by molar-refractivity contribution is -0.120. The van der Waals surface area contributed by atoms with Crippen LogP contribution in [0.15, 0.2) is 55.0 Å². The van der Waals surface area contributed by atoms with Crippen molar-refractivity contribution in [1.82, 2.24) is 14.8 Å². The van der Waals surface area contributed by atoms with E-state index >= 15 is 0 Å². The predicted octanol–water partition coefficient (Wildman–Crippen LogP) is 3.01. The summed E-state index contributed by atoms with van der Waals surface area (Å²) in [7, 11) is 0. The molecule has 7 heteroatoms. The predicted molar refractivity (Wildman–Crippen MR) is 105 cm³/mol. The molecule has 1 aliphatic rings. The van der Waals surface area contributed by atoms with Gasteiger partial charge in [-0.05, 0) is 43.2 Å². The zero-order valence-corrected chi connectivity index (χ0v) is 15.9. The van der Waals surface area contributed by atoms with Gasteiger partial charge in [-0.1, -0.05) is 12.1 Å². The number of rotatable bonds is 5. The molecule has 28 heavy (non-hydrogen) atoms. The van der Waals surface area contributed by atoms with Gasteiger partial charge in [0.05, 0.1) is 12.0 Å². The lowest BCUT2D eigenvalue weighted by Crippen LogP contribution is -2.35. The van der Waals surface area contributed by atoms with Crippen LogP contribution in [0.1, 0.15) is 25.0 Å². The zero-order chi connectivity index (χ0) is 19.6. The topological polar surface area (TPSA) is 78.3 Å². The molecule has 0 saturated carbocycles. The smallest absolute Gasteiger partial charge is 0.235 e. The number of aromatic nitrogens is 3. The minimum Gasteiger partial charge on any atom is -0.486 e. The molecule has 3 heterocycles. The van der Waals surface area contributed by atoms with Gasteiger partial charge in [0.2, 0.25) is 5.91 Å². The van der Waals surface area contributed by atoms with Crippen molar-refractivity contribution in [3.05, 3.63) is 66.1 Å². The molecule has 0 saturated heterocycles. The van der Waals surface area contributed by atoms with E-state index in [4.69, 9.17) is 9.47 Å². The summed E-state index contributed by atoms with van der Waals surface area (Å²) < 4.78 is 13.0. The van der Waals surface area contributed by atoms with Crippen LogP contribution in [-0.2, 0) is 16.8 Å². The fourth-order valence-electron chi connectivity index (χ4n) is 3.03. The molecule has 0 aliphatic carbocycles. The fraction of sp³-hybridized carbons (Fsp3) is 0.286. The summed E-state index contributed by atoms with van der Waals surface area (Å²) in [6.07, 6.45) is 5.36. The summed E-state index contributed by atoms with van der Waals surface area (Å²) >= 11 is 0. The number of nitrogens with one attached hydrogen (secondary N) is 1. The number of ether oxygens (including phenoxy) is 2. The summed E-state index contributed by atoms with van der Waals surface area (Å²) in [5.74, 6) is 1.75. The first-order valence-electron chi connectivity index (χ1n) is 9.16. The van der Waals surface area contributed by atoms with Crippen molar-refractivity contribution in [3.8, 4) is 11.5 Å². The van der Waals surface area contributed by atoms with Gasteiger partial charge in [0, 0.05) is 24.7 Å². The molecule has 0 fully saturated rings. The number of fused-ring (bicyclic) bond motifs is 1. The van der Waals surface area contributed by atoms with Gasteiger partial charge in [0.1, 0.15) is 13.2 Å². The Kier molecular flexibility index (Phi) is 4.73. The Morgan fingerprint density at radius 1 is 1.18 bits per heavy atom. The van der Waals surface area contributed by atoms with Crippen molar-refractivity contribution in [2.45, 2.75) is 25.8 Å². The Morgan fingerprint density at radius 3 is 2.79 bits per heavy atom. The molecule has 2 aromatic heterocycles. The van der Waals surface area contributed by atoms with E-state index in [2.05, 4.69) is 15.4 Å². The van der Waals surface area contributed by atoms with Crippen LogP contribution in [0.25, 0.3) is 0 Å². The highest BCUT2D eigenvalue weighted by atomic mass is 16.6. The fourth-order valence-corrected chi connectivity index (χ4v) is 3.03. The monoisotopic (exact) mass is 378 g/mol. The summed E-state index contributed by atoms with van der Waals surface area (Å²) in [6.45, 7) is 5.39. The third-order valence-corrected chi connectivity index (χ3v) is 4.78. The number of hydrogen-bond donors (Lipinski definition) is 1. The molecule has 1 aromatic carbocycles. The molecule has 1 N–H and O–H groups in total. The van der Waals surface area contributed by atoms with Gasteiger partial charge in [-0.25, -0.2) is 0 Å². The molecule has 0 unspecified atom stereocenters. The Labute approximate surface area is 163 Å². The van der Waals surface area contributed by atoms with E-state index in [0.29, 0.717) is 37.1 Å². The van der Waals surface area contributed by atoms with Crippen LogP contribution < -0.4 is 14.8 Å². The van der Waals surface area contributed by atoms with Gasteiger partial charge < -0.3 is 14.8 Å². The summed E-state index contributed by atoms with van der Waals surface area (Å²) in [4.78, 5) is 17.0. The average molecular weight is 378 g/mol. The number of hydrogen-bond acceptors (Lipinski definition) is 5. The van der Waals surface area contributed by atoms with Crippen molar-refractivity contribution < 1.29 is 14.3 Å². The van der Waals surface area contributed by atoms with Crippen molar-refractivity contribution in [1.29, 1.82) is 0 Å². The number of carbonyl (C=O) groups is 1. The third kappa shape index (κ3) is 3.69. The van der Waals surface area contributed by atoms with Crippen LogP contribution in [0.5, 0.6) is 11.5 Å². The van der Waals surface area contributed by atoms with Gasteiger partial charge in [-0.3, -0.25) is 14.5 Å². The molecule has 0 spiro atoms. The maximum absolute atomic E-state index is 12.9. The largest absolute Gasteiger partial charge is 0.486 e. The van der Waals surface area contributed by atoms with Gasteiger partial charge in [-0.15, -0.1) is 0 Å². The number of benzene rings is 1. The molecule has 1 aliphatic heterocycles. The summed E-state index contributed by atoms with van der Waals surface area (Å²) in [5, 5.41) is 7.34. The number of amides is 1. The second kappa shape index (κ2) is 7.34. The minimum atomic E-state index is -0.761. The molecule has 144 valence electrons. The highest BCUT2D eigenvalue weighted by Gasteiger charge is 2.31. The molecule has 3 aromatic rings. The number of nitrogens with zero attached hydrogens (tertiary/aromatic N) is 3. The standard InChI is InChI=1S/C21H22N4O3/c1-21(2,16-5-6-17-18(12-16)28-11-10-27-17)20(26)23-19-7-9-25(24-19)14-15-4-3-8-22-13-15/h3-9,12-13H,10-11,14H2,1-2H3,(H,23,24,26). The zero-order valence-electron chi connectivity index (χ0n) is 15.9. The lowest BCUT2D eigenvalue weighted by atomic mass is 9.83. The quantitative estimate of drug-likeness (QED) is 0.738. The molecule has 1 amide bonds. The van der Waals surface area contributed by atoms with Crippen LogP contribution in [0, 0.1) is 0 Å². The highest BCUT2D eigenvalue weighted by Crippen LogP contribution is 2.35. The third-order valence-electron chi connectivity index (χ3n) is 4.78. The molecule has 0 bridgehead atoms. The molecule has 0 radical (unpaired) electrons. The maximum Gasteiger partial charge on any atom is 0.235 e. The van der Waals surface area contributed by atoms with Crippen molar-refractivity contribution >= 4 is 11.7 Å². The van der Waals surface area contributed by atoms with Gasteiger partial charge >= 0.3 is 0 Å². The van der Waals surface area contributed by atoms with Crippen molar-refractivity contribution in [3.63, 3.8) is 0 Å². The summed E-state index contributed by atoms with van der Waals surface area (Å²) in [6, 6.07) is 11.3. The second-order valence-corrected chi connectivity index (χ2v) is 7.20. The first-order chi connectivity index (χ1) is 13.5. The SMILES string of the molecule is CC(C)(C(=O)Nc1ccn(Cc2cccnc2)n1)c1ccc2c(c1)OCCO2. The van der Waals surface area contributed by atoms with E-state index in [1.165, 1.54) is 0 Å². The Balaban J connectivity index is 1.47. The van der Waals surface area contributed by atoms with E-state index in [0.717, 1.165) is 11.1 Å². The maximum atomic E-state index is 12.9. The minimum absolute atomic E-state index is 0.143. The first kappa shape index (κ1) is 18.0. The first-order valence-corrected chi connectivity index (χ1v) is 9.16. The Morgan fingerprint density at radius 2 is 2.00 bits per heavy atom. The van der Waals surface area contributed by atoms with Gasteiger partial charge in [0.15, 0.2) is 17.3 Å². The van der Waals surface area contributed by atoms with E-state index < -0.39 is 5.41 Å². The Bertz CT molecular complexity index is 982. The normalized spacial score (nSPS) is 13.2. The van der Waals surface area contributed by atoms with E-state index in [-0.39, 0.29) is 5.91 Å². The van der Waals surface area contributed by atoms with Crippen LogP contribution in [0.3, 0.4) is 0 Å². The number of carbonyl (C=O) groups excluding carboxylic acids is 1. The van der Waals surface area contributed by atoms with E-state index in [9.17, 15) is 4.79 Å². The Hall–Kier alpha value is -3.35. The van der Waals surface area contributed by atoms with Crippen LogP contribution in [0.2, 0.25) is 0 Å². The lowest BCUT2D eigenvalue weighted by Gasteiger charge is -2.26. The van der Waals surface area contributed by atoms with Crippen LogP contribution in [-0.4, -0.2) is 33.9 Å². The molecule has 0 atom stereocenters. The van der Waals surface area contributed by atoms with E-state index in [1.807, 2.05) is 50.4 Å². The van der Waals surface area contributed by atoms with Crippen LogP contribution >= 0.6 is 0 Å². The van der Waals surface area contributed by atoms with Crippen molar-refractivity contribution in [2.24, 2.45) is 0 Å². The van der Waals surface area contributed by atoms with Crippen LogP contribution in [0.4, 0.5) is 5.82 Å². The summed E-state index contributed by atoms with van der Waals surface area (Å²) in [5.41, 5.74) is 1.13. The van der Waals surface area contributed by atoms with Gasteiger partial charge in [0.25, 0.3) is 0 Å². The average Bonchev–Trinajstić information content (AvgIpc) is 3.15. The second-order valence-electron chi connectivity index (χ2n) is 7.20. The van der Waals surface area contributed by atoms with E-state index in [1.54, 1.807) is 23.1 Å². The highest BCUT2D eigenvalue weighted by molar-refractivity contribution is 5.98. The molecular formula is C21H22N4O3. The molecule has 4 rings (SSSR count). The number of anilines is 1. The molecule has 7 nitrogen and oxygen atoms in total. The van der Waals surface area contributed by atoms with Crippen molar-refractivity contribution in [2.75, 3.05) is 18.5 Å². The molecular weight excluding hydrogens is 356 g/mol.